The highest BCUT2D eigenvalue weighted by atomic mass is 28.4. The molecule has 0 heterocycles. The predicted molar refractivity (Wildman–Crippen MR) is 88.3 cm³/mol. The summed E-state index contributed by atoms with van der Waals surface area (Å²) in [6, 6.07) is 9.72. The van der Waals surface area contributed by atoms with Gasteiger partial charge in [-0.05, 0) is 30.6 Å². The minimum atomic E-state index is -1.91. The number of rotatable bonds is 5. The SMILES string of the molecule is C/C=C/[C@@H](O[Si](C)(C)C(C)(C)C)[C@H](O)c1ccccc1. The topological polar surface area (TPSA) is 29.5 Å². The molecule has 0 unspecified atom stereocenters. The Labute approximate surface area is 124 Å². The molecule has 0 aliphatic carbocycles. The second-order valence-electron chi connectivity index (χ2n) is 6.72. The lowest BCUT2D eigenvalue weighted by molar-refractivity contribution is 0.0550. The zero-order valence-electron chi connectivity index (χ0n) is 13.6. The van der Waals surface area contributed by atoms with E-state index in [1.165, 1.54) is 0 Å². The van der Waals surface area contributed by atoms with Gasteiger partial charge in [0.2, 0.25) is 0 Å². The molecule has 20 heavy (non-hydrogen) atoms. The summed E-state index contributed by atoms with van der Waals surface area (Å²) >= 11 is 0. The van der Waals surface area contributed by atoms with Crippen molar-refractivity contribution in [3.8, 4) is 0 Å². The van der Waals surface area contributed by atoms with Gasteiger partial charge in [-0.1, -0.05) is 63.3 Å². The summed E-state index contributed by atoms with van der Waals surface area (Å²) in [5, 5.41) is 10.7. The summed E-state index contributed by atoms with van der Waals surface area (Å²) in [7, 11) is -1.91. The van der Waals surface area contributed by atoms with Gasteiger partial charge >= 0.3 is 0 Å². The van der Waals surface area contributed by atoms with Crippen LogP contribution in [-0.4, -0.2) is 19.5 Å². The molecule has 0 bridgehead atoms. The Bertz CT molecular complexity index is 432. The van der Waals surface area contributed by atoms with Gasteiger partial charge in [0, 0.05) is 0 Å². The van der Waals surface area contributed by atoms with Crippen LogP contribution in [0.2, 0.25) is 18.1 Å². The number of aliphatic hydroxyl groups excluding tert-OH is 1. The van der Waals surface area contributed by atoms with Crippen molar-refractivity contribution in [3.63, 3.8) is 0 Å². The highest BCUT2D eigenvalue weighted by Crippen LogP contribution is 2.39. The fraction of sp³-hybridized carbons (Fsp3) is 0.529. The van der Waals surface area contributed by atoms with Crippen molar-refractivity contribution in [1.29, 1.82) is 0 Å². The van der Waals surface area contributed by atoms with Gasteiger partial charge < -0.3 is 9.53 Å². The minimum Gasteiger partial charge on any atom is -0.408 e. The largest absolute Gasteiger partial charge is 0.408 e. The summed E-state index contributed by atoms with van der Waals surface area (Å²) in [4.78, 5) is 0. The van der Waals surface area contributed by atoms with Crippen molar-refractivity contribution in [3.05, 3.63) is 48.0 Å². The first-order valence-corrected chi connectivity index (χ1v) is 10.1. The van der Waals surface area contributed by atoms with Crippen LogP contribution in [0.5, 0.6) is 0 Å². The molecule has 0 saturated carbocycles. The minimum absolute atomic E-state index is 0.128. The molecule has 0 aliphatic rings. The molecule has 1 rings (SSSR count). The highest BCUT2D eigenvalue weighted by Gasteiger charge is 2.40. The first-order chi connectivity index (χ1) is 9.19. The summed E-state index contributed by atoms with van der Waals surface area (Å²) in [6.45, 7) is 13.0. The molecular weight excluding hydrogens is 264 g/mol. The quantitative estimate of drug-likeness (QED) is 0.630. The lowest BCUT2D eigenvalue weighted by Gasteiger charge is -2.39. The van der Waals surface area contributed by atoms with Gasteiger partial charge in [0.15, 0.2) is 8.32 Å². The Balaban J connectivity index is 2.96. The summed E-state index contributed by atoms with van der Waals surface area (Å²) in [5.74, 6) is 0. The Morgan fingerprint density at radius 2 is 1.70 bits per heavy atom. The van der Waals surface area contributed by atoms with Gasteiger partial charge in [-0.3, -0.25) is 0 Å². The van der Waals surface area contributed by atoms with Crippen LogP contribution >= 0.6 is 0 Å². The predicted octanol–water partition coefficient (Wildman–Crippen LogP) is 4.69. The van der Waals surface area contributed by atoms with Gasteiger partial charge in [-0.2, -0.15) is 0 Å². The van der Waals surface area contributed by atoms with Crippen LogP contribution in [-0.2, 0) is 4.43 Å². The van der Waals surface area contributed by atoms with E-state index in [0.29, 0.717) is 0 Å². The van der Waals surface area contributed by atoms with Crippen molar-refractivity contribution in [1.82, 2.24) is 0 Å². The molecule has 2 nitrogen and oxygen atoms in total. The molecule has 112 valence electrons. The van der Waals surface area contributed by atoms with Crippen LogP contribution in [0, 0.1) is 0 Å². The Hall–Kier alpha value is -0.903. The van der Waals surface area contributed by atoms with Crippen LogP contribution < -0.4 is 0 Å². The van der Waals surface area contributed by atoms with Gasteiger partial charge in [0.25, 0.3) is 0 Å². The smallest absolute Gasteiger partial charge is 0.193 e. The van der Waals surface area contributed by atoms with E-state index >= 15 is 0 Å². The van der Waals surface area contributed by atoms with E-state index in [2.05, 4.69) is 33.9 Å². The molecule has 1 N–H and O–H groups in total. The van der Waals surface area contributed by atoms with Crippen LogP contribution in [0.1, 0.15) is 39.4 Å². The molecule has 0 aliphatic heterocycles. The molecule has 0 radical (unpaired) electrons. The normalized spacial score (nSPS) is 16.4. The van der Waals surface area contributed by atoms with E-state index in [0.717, 1.165) is 5.56 Å². The number of hydrogen-bond donors (Lipinski definition) is 1. The maximum absolute atomic E-state index is 10.6. The molecule has 0 saturated heterocycles. The maximum atomic E-state index is 10.6. The molecule has 0 spiro atoms. The third kappa shape index (κ3) is 4.30. The van der Waals surface area contributed by atoms with Gasteiger partial charge in [-0.25, -0.2) is 0 Å². The standard InChI is InChI=1S/C17H28O2Si/c1-7-11-15(19-20(5,6)17(2,3)4)16(18)14-12-9-8-10-13-14/h7-13,15-16,18H,1-6H3/b11-7+/t15-,16-/m1/s1. The molecule has 0 aromatic heterocycles. The summed E-state index contributed by atoms with van der Waals surface area (Å²) in [5.41, 5.74) is 0.898. The highest BCUT2D eigenvalue weighted by molar-refractivity contribution is 6.74. The van der Waals surface area contributed by atoms with Crippen LogP contribution in [0.3, 0.4) is 0 Å². The molecule has 0 fully saturated rings. The average Bonchev–Trinajstić information content (AvgIpc) is 2.37. The van der Waals surface area contributed by atoms with Crippen molar-refractivity contribution in [2.45, 2.75) is 58.0 Å². The Morgan fingerprint density at radius 3 is 2.15 bits per heavy atom. The lowest BCUT2D eigenvalue weighted by atomic mass is 10.0. The van der Waals surface area contributed by atoms with E-state index in [1.54, 1.807) is 0 Å². The zero-order valence-corrected chi connectivity index (χ0v) is 14.6. The maximum Gasteiger partial charge on any atom is 0.193 e. The van der Waals surface area contributed by atoms with E-state index in [9.17, 15) is 5.11 Å². The van der Waals surface area contributed by atoms with Crippen molar-refractivity contribution in [2.24, 2.45) is 0 Å². The molecule has 0 amide bonds. The first kappa shape index (κ1) is 17.1. The molecule has 1 aromatic carbocycles. The van der Waals surface area contributed by atoms with E-state index < -0.39 is 14.4 Å². The first-order valence-electron chi connectivity index (χ1n) is 7.22. The Morgan fingerprint density at radius 1 is 1.15 bits per heavy atom. The van der Waals surface area contributed by atoms with E-state index in [1.807, 2.05) is 49.4 Å². The molecule has 1 aromatic rings. The van der Waals surface area contributed by atoms with Gasteiger partial charge in [0.05, 0.1) is 6.10 Å². The second-order valence-corrected chi connectivity index (χ2v) is 11.5. The van der Waals surface area contributed by atoms with Crippen molar-refractivity contribution >= 4 is 8.32 Å². The number of allylic oxidation sites excluding steroid dienone is 1. The zero-order chi connectivity index (χ0) is 15.4. The monoisotopic (exact) mass is 292 g/mol. The molecular formula is C17H28O2Si. The van der Waals surface area contributed by atoms with Gasteiger partial charge in [-0.15, -0.1) is 0 Å². The number of benzene rings is 1. The third-order valence-corrected chi connectivity index (χ3v) is 8.55. The summed E-state index contributed by atoms with van der Waals surface area (Å²) in [6.07, 6.45) is 2.99. The van der Waals surface area contributed by atoms with Crippen molar-refractivity contribution < 1.29 is 9.53 Å². The van der Waals surface area contributed by atoms with Crippen LogP contribution in [0.15, 0.2) is 42.5 Å². The fourth-order valence-electron chi connectivity index (χ4n) is 1.76. The lowest BCUT2D eigenvalue weighted by Crippen LogP contribution is -2.44. The molecule has 2 atom stereocenters. The van der Waals surface area contributed by atoms with Crippen LogP contribution in [0.25, 0.3) is 0 Å². The summed E-state index contributed by atoms with van der Waals surface area (Å²) < 4.78 is 6.36. The second kappa shape index (κ2) is 6.70. The average molecular weight is 292 g/mol. The third-order valence-electron chi connectivity index (χ3n) is 4.07. The van der Waals surface area contributed by atoms with Gasteiger partial charge in [0.1, 0.15) is 6.10 Å². The van der Waals surface area contributed by atoms with Crippen molar-refractivity contribution in [2.75, 3.05) is 0 Å². The number of aliphatic hydroxyl groups is 1. The number of hydrogen-bond acceptors (Lipinski definition) is 2. The van der Waals surface area contributed by atoms with E-state index in [-0.39, 0.29) is 11.1 Å². The Kier molecular flexibility index (Phi) is 5.75. The van der Waals surface area contributed by atoms with E-state index in [4.69, 9.17) is 4.43 Å². The molecule has 3 heteroatoms. The fourth-order valence-corrected chi connectivity index (χ4v) is 3.00. The van der Waals surface area contributed by atoms with Crippen LogP contribution in [0.4, 0.5) is 0 Å².